The standard InChI is InChI=1S/C6H8Cl3O5P/c1-4(10)14-5(6(7,8)9)15(11)12-2-3-13-15/h5H,2-3H2,1H3. The predicted molar refractivity (Wildman–Crippen MR) is 55.4 cm³/mol. The van der Waals surface area contributed by atoms with E-state index in [9.17, 15) is 9.36 Å². The van der Waals surface area contributed by atoms with Gasteiger partial charge in [-0.3, -0.25) is 9.36 Å². The van der Waals surface area contributed by atoms with Gasteiger partial charge < -0.3 is 13.8 Å². The molecule has 1 saturated heterocycles. The summed E-state index contributed by atoms with van der Waals surface area (Å²) in [6.07, 6.45) is 0. The third-order valence-electron chi connectivity index (χ3n) is 1.47. The Morgan fingerprint density at radius 1 is 1.40 bits per heavy atom. The van der Waals surface area contributed by atoms with Gasteiger partial charge in [-0.05, 0) is 0 Å². The number of hydrogen-bond donors (Lipinski definition) is 0. The molecule has 0 spiro atoms. The summed E-state index contributed by atoms with van der Waals surface area (Å²) in [6, 6.07) is 0. The minimum absolute atomic E-state index is 0.107. The van der Waals surface area contributed by atoms with Crippen LogP contribution in [-0.2, 0) is 23.1 Å². The van der Waals surface area contributed by atoms with Crippen LogP contribution >= 0.6 is 42.4 Å². The summed E-state index contributed by atoms with van der Waals surface area (Å²) in [4.78, 5) is 10.8. The van der Waals surface area contributed by atoms with Crippen LogP contribution in [0.1, 0.15) is 6.92 Å². The molecule has 0 aromatic carbocycles. The van der Waals surface area contributed by atoms with Crippen LogP contribution in [-0.4, -0.2) is 28.8 Å². The molecule has 15 heavy (non-hydrogen) atoms. The summed E-state index contributed by atoms with van der Waals surface area (Å²) in [5, 5.41) is 0. The van der Waals surface area contributed by atoms with Crippen LogP contribution in [0.4, 0.5) is 0 Å². The fraction of sp³-hybridized carbons (Fsp3) is 0.833. The van der Waals surface area contributed by atoms with Gasteiger partial charge in [0.15, 0.2) is 0 Å². The molecule has 88 valence electrons. The van der Waals surface area contributed by atoms with Crippen molar-refractivity contribution in [1.29, 1.82) is 0 Å². The fourth-order valence-corrected chi connectivity index (χ4v) is 3.82. The van der Waals surface area contributed by atoms with Gasteiger partial charge in [0.05, 0.1) is 13.2 Å². The molecule has 0 aromatic rings. The van der Waals surface area contributed by atoms with Crippen LogP contribution in [0.25, 0.3) is 0 Å². The highest BCUT2D eigenvalue weighted by molar-refractivity contribution is 7.55. The van der Waals surface area contributed by atoms with Crippen LogP contribution in [0.2, 0.25) is 0 Å². The Balaban J connectivity index is 2.90. The molecule has 0 amide bonds. The van der Waals surface area contributed by atoms with E-state index >= 15 is 0 Å². The Hall–Kier alpha value is 0.490. The molecular weight excluding hydrogens is 289 g/mol. The molecular formula is C6H8Cl3O5P. The van der Waals surface area contributed by atoms with Crippen molar-refractivity contribution in [3.63, 3.8) is 0 Å². The van der Waals surface area contributed by atoms with Gasteiger partial charge in [0.2, 0.25) is 9.64 Å². The number of esters is 1. The summed E-state index contributed by atoms with van der Waals surface area (Å²) in [6.45, 7) is 1.32. The Labute approximate surface area is 101 Å². The largest absolute Gasteiger partial charge is 0.445 e. The number of ether oxygens (including phenoxy) is 1. The second-order valence-electron chi connectivity index (χ2n) is 2.71. The van der Waals surface area contributed by atoms with E-state index < -0.39 is 23.2 Å². The van der Waals surface area contributed by atoms with Gasteiger partial charge in [-0.25, -0.2) is 0 Å². The average Bonchev–Trinajstić information content (AvgIpc) is 2.46. The highest BCUT2D eigenvalue weighted by Gasteiger charge is 2.53. The lowest BCUT2D eigenvalue weighted by Gasteiger charge is -2.26. The van der Waals surface area contributed by atoms with Crippen molar-refractivity contribution in [2.24, 2.45) is 0 Å². The molecule has 1 fully saturated rings. The Morgan fingerprint density at radius 3 is 2.20 bits per heavy atom. The molecule has 1 aliphatic heterocycles. The number of hydrogen-bond acceptors (Lipinski definition) is 5. The molecule has 0 bridgehead atoms. The van der Waals surface area contributed by atoms with Gasteiger partial charge in [0.1, 0.15) is 0 Å². The van der Waals surface area contributed by atoms with Gasteiger partial charge in [-0.15, -0.1) is 0 Å². The van der Waals surface area contributed by atoms with E-state index in [2.05, 4.69) is 4.74 Å². The number of halogens is 3. The Kier molecular flexibility index (Phi) is 4.32. The van der Waals surface area contributed by atoms with Crippen molar-refractivity contribution in [3.8, 4) is 0 Å². The van der Waals surface area contributed by atoms with Crippen LogP contribution < -0.4 is 0 Å². The summed E-state index contributed by atoms with van der Waals surface area (Å²) in [7, 11) is -3.69. The first-order valence-electron chi connectivity index (χ1n) is 3.88. The zero-order valence-corrected chi connectivity index (χ0v) is 10.8. The first-order chi connectivity index (χ1) is 6.76. The first kappa shape index (κ1) is 13.6. The van der Waals surface area contributed by atoms with Crippen molar-refractivity contribution in [3.05, 3.63) is 0 Å². The summed E-state index contributed by atoms with van der Waals surface area (Å²) in [5.41, 5.74) is 0. The lowest BCUT2D eigenvalue weighted by atomic mass is 10.7. The van der Waals surface area contributed by atoms with E-state index in [1.165, 1.54) is 0 Å². The fourth-order valence-electron chi connectivity index (χ4n) is 0.970. The summed E-state index contributed by atoms with van der Waals surface area (Å²) in [5.74, 6) is -2.28. The molecule has 0 N–H and O–H groups in total. The van der Waals surface area contributed by atoms with Crippen LogP contribution in [0.5, 0.6) is 0 Å². The molecule has 1 atom stereocenters. The van der Waals surface area contributed by atoms with E-state index in [1.54, 1.807) is 0 Å². The molecule has 1 aliphatic rings. The number of carbonyl (C=O) groups is 1. The van der Waals surface area contributed by atoms with Crippen molar-refractivity contribution in [2.75, 3.05) is 13.2 Å². The molecule has 1 heterocycles. The topological polar surface area (TPSA) is 61.8 Å². The van der Waals surface area contributed by atoms with Crippen LogP contribution in [0, 0.1) is 0 Å². The maximum atomic E-state index is 11.9. The third-order valence-corrected chi connectivity index (χ3v) is 4.67. The minimum atomic E-state index is -3.69. The van der Waals surface area contributed by atoms with Crippen LogP contribution in [0.15, 0.2) is 0 Å². The maximum absolute atomic E-state index is 11.9. The monoisotopic (exact) mass is 296 g/mol. The molecule has 1 unspecified atom stereocenters. The molecule has 0 aliphatic carbocycles. The quantitative estimate of drug-likeness (QED) is 0.445. The smallest absolute Gasteiger partial charge is 0.375 e. The predicted octanol–water partition coefficient (Wildman–Crippen LogP) is 2.49. The summed E-state index contributed by atoms with van der Waals surface area (Å²) < 4.78 is 24.2. The lowest BCUT2D eigenvalue weighted by Crippen LogP contribution is -2.30. The average molecular weight is 297 g/mol. The first-order valence-corrected chi connectivity index (χ1v) is 6.63. The molecule has 0 aromatic heterocycles. The number of carbonyl (C=O) groups excluding carboxylic acids is 1. The minimum Gasteiger partial charge on any atom is -0.445 e. The Morgan fingerprint density at radius 2 is 1.87 bits per heavy atom. The highest BCUT2D eigenvalue weighted by Crippen LogP contribution is 2.62. The van der Waals surface area contributed by atoms with Crippen molar-refractivity contribution in [2.45, 2.75) is 16.6 Å². The second-order valence-corrected chi connectivity index (χ2v) is 7.14. The summed E-state index contributed by atoms with van der Waals surface area (Å²) >= 11 is 16.6. The molecule has 1 rings (SSSR count). The van der Waals surface area contributed by atoms with Gasteiger partial charge in [0.25, 0.3) is 0 Å². The van der Waals surface area contributed by atoms with E-state index in [4.69, 9.17) is 43.9 Å². The zero-order valence-electron chi connectivity index (χ0n) is 7.61. The van der Waals surface area contributed by atoms with E-state index in [-0.39, 0.29) is 13.2 Å². The van der Waals surface area contributed by atoms with E-state index in [1.807, 2.05) is 0 Å². The van der Waals surface area contributed by atoms with Gasteiger partial charge >= 0.3 is 13.6 Å². The van der Waals surface area contributed by atoms with Crippen molar-refractivity contribution >= 4 is 48.4 Å². The lowest BCUT2D eigenvalue weighted by molar-refractivity contribution is -0.143. The SMILES string of the molecule is CC(=O)OC(C(Cl)(Cl)Cl)P1(=O)OCCO1. The normalized spacial score (nSPS) is 22.4. The maximum Gasteiger partial charge on any atom is 0.375 e. The third kappa shape index (κ3) is 3.48. The molecule has 5 nitrogen and oxygen atoms in total. The van der Waals surface area contributed by atoms with Crippen molar-refractivity contribution < 1.29 is 23.1 Å². The highest BCUT2D eigenvalue weighted by atomic mass is 35.6. The van der Waals surface area contributed by atoms with Gasteiger partial charge in [-0.2, -0.15) is 0 Å². The molecule has 0 saturated carbocycles. The molecule has 0 radical (unpaired) electrons. The molecule has 9 heteroatoms. The van der Waals surface area contributed by atoms with E-state index in [0.717, 1.165) is 6.92 Å². The zero-order chi connectivity index (χ0) is 11.7. The van der Waals surface area contributed by atoms with Crippen molar-refractivity contribution in [1.82, 2.24) is 0 Å². The van der Waals surface area contributed by atoms with Gasteiger partial charge in [0, 0.05) is 6.92 Å². The number of alkyl halides is 3. The second kappa shape index (κ2) is 4.78. The van der Waals surface area contributed by atoms with Gasteiger partial charge in [-0.1, -0.05) is 34.8 Å². The number of rotatable bonds is 2. The van der Waals surface area contributed by atoms with E-state index in [0.29, 0.717) is 0 Å². The Bertz CT molecular complexity index is 292. The van der Waals surface area contributed by atoms with Crippen LogP contribution in [0.3, 0.4) is 0 Å².